The van der Waals surface area contributed by atoms with E-state index in [0.29, 0.717) is 6.42 Å². The van der Waals surface area contributed by atoms with E-state index < -0.39 is 6.10 Å². The molecule has 0 aliphatic carbocycles. The Balaban J connectivity index is 2.05. The minimum absolute atomic E-state index is 0.532. The first-order valence-corrected chi connectivity index (χ1v) is 7.10. The van der Waals surface area contributed by atoms with Gasteiger partial charge in [-0.3, -0.25) is 4.68 Å². The molecule has 0 saturated heterocycles. The van der Waals surface area contributed by atoms with Crippen molar-refractivity contribution in [3.05, 3.63) is 28.8 Å². The lowest BCUT2D eigenvalue weighted by Gasteiger charge is -2.12. The number of rotatable bonds is 6. The number of hydrogen-bond donors (Lipinski definition) is 1. The van der Waals surface area contributed by atoms with Gasteiger partial charge >= 0.3 is 0 Å². The zero-order valence-corrected chi connectivity index (χ0v) is 12.7. The Morgan fingerprint density at radius 3 is 2.70 bits per heavy atom. The highest BCUT2D eigenvalue weighted by molar-refractivity contribution is 5.24. The highest BCUT2D eigenvalue weighted by atomic mass is 16.3. The van der Waals surface area contributed by atoms with E-state index >= 15 is 0 Å². The van der Waals surface area contributed by atoms with Gasteiger partial charge in [-0.25, -0.2) is 4.68 Å². The summed E-state index contributed by atoms with van der Waals surface area (Å²) in [5, 5.41) is 22.6. The molecule has 1 atom stereocenters. The van der Waals surface area contributed by atoms with Crippen molar-refractivity contribution in [2.45, 2.75) is 52.7 Å². The predicted molar refractivity (Wildman–Crippen MR) is 76.3 cm³/mol. The standard InChI is InChI=1S/C14H23N5O/c1-5-8-19-13(9-15-17-19)14(20)7-6-12-10(2)16-18(4)11(12)3/h9,14,20H,5-8H2,1-4H3. The minimum atomic E-state index is -0.532. The monoisotopic (exact) mass is 277 g/mol. The molecule has 2 aromatic rings. The number of aryl methyl sites for hydroxylation is 3. The van der Waals surface area contributed by atoms with Gasteiger partial charge < -0.3 is 5.11 Å². The molecule has 6 heteroatoms. The van der Waals surface area contributed by atoms with Crippen LogP contribution < -0.4 is 0 Å². The van der Waals surface area contributed by atoms with E-state index in [1.165, 1.54) is 5.56 Å². The fraction of sp³-hybridized carbons (Fsp3) is 0.643. The molecule has 0 spiro atoms. The molecule has 1 unspecified atom stereocenters. The van der Waals surface area contributed by atoms with Crippen LogP contribution in [0.3, 0.4) is 0 Å². The molecule has 0 fully saturated rings. The van der Waals surface area contributed by atoms with Gasteiger partial charge in [0, 0.05) is 19.3 Å². The van der Waals surface area contributed by atoms with Gasteiger partial charge in [0.1, 0.15) is 0 Å². The fourth-order valence-corrected chi connectivity index (χ4v) is 2.52. The summed E-state index contributed by atoms with van der Waals surface area (Å²) in [4.78, 5) is 0. The largest absolute Gasteiger partial charge is 0.387 e. The first kappa shape index (κ1) is 14.7. The number of aromatic nitrogens is 5. The molecule has 6 nitrogen and oxygen atoms in total. The molecule has 2 aromatic heterocycles. The van der Waals surface area contributed by atoms with Gasteiger partial charge in [-0.15, -0.1) is 5.10 Å². The highest BCUT2D eigenvalue weighted by Gasteiger charge is 2.16. The van der Waals surface area contributed by atoms with Gasteiger partial charge in [-0.1, -0.05) is 12.1 Å². The average Bonchev–Trinajstić information content (AvgIpc) is 2.95. The third-order valence-electron chi connectivity index (χ3n) is 3.75. The van der Waals surface area contributed by atoms with E-state index in [2.05, 4.69) is 29.3 Å². The second-order valence-corrected chi connectivity index (χ2v) is 5.21. The Hall–Kier alpha value is -1.69. The minimum Gasteiger partial charge on any atom is -0.387 e. The van der Waals surface area contributed by atoms with Crippen LogP contribution in [0.1, 0.15) is 48.5 Å². The Morgan fingerprint density at radius 2 is 2.10 bits per heavy atom. The van der Waals surface area contributed by atoms with Crippen molar-refractivity contribution < 1.29 is 5.11 Å². The van der Waals surface area contributed by atoms with E-state index in [9.17, 15) is 5.11 Å². The Morgan fingerprint density at radius 1 is 1.35 bits per heavy atom. The Bertz CT molecular complexity index is 572. The van der Waals surface area contributed by atoms with E-state index in [0.717, 1.165) is 36.5 Å². The Labute approximate surface area is 119 Å². The van der Waals surface area contributed by atoms with Crippen LogP contribution in [0, 0.1) is 13.8 Å². The number of nitrogens with zero attached hydrogens (tertiary/aromatic N) is 5. The number of aliphatic hydroxyl groups excluding tert-OH is 1. The van der Waals surface area contributed by atoms with Crippen molar-refractivity contribution in [3.8, 4) is 0 Å². The van der Waals surface area contributed by atoms with E-state index in [1.54, 1.807) is 10.9 Å². The van der Waals surface area contributed by atoms with Crippen LogP contribution in [0.4, 0.5) is 0 Å². The lowest BCUT2D eigenvalue weighted by molar-refractivity contribution is 0.156. The fourth-order valence-electron chi connectivity index (χ4n) is 2.52. The van der Waals surface area contributed by atoms with Gasteiger partial charge in [0.15, 0.2) is 0 Å². The number of hydrogen-bond acceptors (Lipinski definition) is 4. The van der Waals surface area contributed by atoms with E-state index in [4.69, 9.17) is 0 Å². The molecule has 1 N–H and O–H groups in total. The first-order chi connectivity index (χ1) is 9.54. The zero-order valence-electron chi connectivity index (χ0n) is 12.7. The molecule has 0 saturated carbocycles. The normalized spacial score (nSPS) is 12.8. The van der Waals surface area contributed by atoms with Crippen LogP contribution in [0.2, 0.25) is 0 Å². The molecule has 0 aromatic carbocycles. The third-order valence-corrected chi connectivity index (χ3v) is 3.75. The van der Waals surface area contributed by atoms with Crippen LogP contribution in [-0.4, -0.2) is 29.9 Å². The van der Waals surface area contributed by atoms with Crippen molar-refractivity contribution in [1.29, 1.82) is 0 Å². The molecule has 0 aliphatic heterocycles. The third kappa shape index (κ3) is 2.90. The summed E-state index contributed by atoms with van der Waals surface area (Å²) in [5.41, 5.74) is 4.22. The maximum absolute atomic E-state index is 10.3. The summed E-state index contributed by atoms with van der Waals surface area (Å²) in [6, 6.07) is 0. The topological polar surface area (TPSA) is 68.8 Å². The van der Waals surface area contributed by atoms with E-state index in [-0.39, 0.29) is 0 Å². The molecule has 2 heterocycles. The zero-order chi connectivity index (χ0) is 14.7. The predicted octanol–water partition coefficient (Wildman–Crippen LogP) is 1.70. The SMILES string of the molecule is CCCn1nncc1C(O)CCc1c(C)nn(C)c1C. The van der Waals surface area contributed by atoms with Crippen LogP contribution in [0.25, 0.3) is 0 Å². The molecular formula is C14H23N5O. The lowest BCUT2D eigenvalue weighted by atomic mass is 10.0. The average molecular weight is 277 g/mol. The Kier molecular flexibility index (Phi) is 4.54. The first-order valence-electron chi connectivity index (χ1n) is 7.10. The summed E-state index contributed by atoms with van der Waals surface area (Å²) in [7, 11) is 1.95. The lowest BCUT2D eigenvalue weighted by Crippen LogP contribution is -2.10. The van der Waals surface area contributed by atoms with Crippen molar-refractivity contribution in [2.24, 2.45) is 7.05 Å². The van der Waals surface area contributed by atoms with Crippen molar-refractivity contribution in [1.82, 2.24) is 24.8 Å². The molecule has 20 heavy (non-hydrogen) atoms. The summed E-state index contributed by atoms with van der Waals surface area (Å²) in [6.45, 7) is 6.94. The molecule has 0 amide bonds. The molecule has 0 aliphatic rings. The van der Waals surface area contributed by atoms with Crippen molar-refractivity contribution in [3.63, 3.8) is 0 Å². The molecule has 0 radical (unpaired) electrons. The van der Waals surface area contributed by atoms with Crippen LogP contribution in [-0.2, 0) is 20.0 Å². The van der Waals surface area contributed by atoms with Gasteiger partial charge in [0.2, 0.25) is 0 Å². The highest BCUT2D eigenvalue weighted by Crippen LogP contribution is 2.21. The van der Waals surface area contributed by atoms with Crippen LogP contribution >= 0.6 is 0 Å². The maximum atomic E-state index is 10.3. The smallest absolute Gasteiger partial charge is 0.0976 e. The molecule has 110 valence electrons. The summed E-state index contributed by atoms with van der Waals surface area (Å²) in [6.07, 6.45) is 3.57. The van der Waals surface area contributed by atoms with Crippen molar-refractivity contribution in [2.75, 3.05) is 0 Å². The number of aliphatic hydroxyl groups is 1. The van der Waals surface area contributed by atoms with Gasteiger partial charge in [-0.05, 0) is 38.7 Å². The second-order valence-electron chi connectivity index (χ2n) is 5.21. The quantitative estimate of drug-likeness (QED) is 0.872. The van der Waals surface area contributed by atoms with E-state index in [1.807, 2.05) is 18.7 Å². The molecule has 0 bridgehead atoms. The molecule has 2 rings (SSSR count). The van der Waals surface area contributed by atoms with Crippen LogP contribution in [0.15, 0.2) is 6.20 Å². The van der Waals surface area contributed by atoms with Crippen molar-refractivity contribution >= 4 is 0 Å². The molecular weight excluding hydrogens is 254 g/mol. The van der Waals surface area contributed by atoms with Gasteiger partial charge in [0.05, 0.1) is 23.7 Å². The summed E-state index contributed by atoms with van der Waals surface area (Å²) in [5.74, 6) is 0. The van der Waals surface area contributed by atoms with Gasteiger partial charge in [-0.2, -0.15) is 5.10 Å². The van der Waals surface area contributed by atoms with Gasteiger partial charge in [0.25, 0.3) is 0 Å². The summed E-state index contributed by atoms with van der Waals surface area (Å²) < 4.78 is 3.67. The second kappa shape index (κ2) is 6.17. The summed E-state index contributed by atoms with van der Waals surface area (Å²) >= 11 is 0. The van der Waals surface area contributed by atoms with Crippen LogP contribution in [0.5, 0.6) is 0 Å². The maximum Gasteiger partial charge on any atom is 0.0976 e.